The summed E-state index contributed by atoms with van der Waals surface area (Å²) in [6.45, 7) is 4.14. The zero-order valence-electron chi connectivity index (χ0n) is 11.6. The normalized spacial score (nSPS) is 24.1. The molecule has 0 radical (unpaired) electrons. The number of hydrogen-bond donors (Lipinski definition) is 0. The van der Waals surface area contributed by atoms with E-state index in [0.717, 1.165) is 24.1 Å². The predicted octanol–water partition coefficient (Wildman–Crippen LogP) is 2.54. The molecule has 1 atom stereocenters. The molecule has 3 rings (SSSR count). The van der Waals surface area contributed by atoms with Gasteiger partial charge < -0.3 is 4.90 Å². The van der Waals surface area contributed by atoms with Crippen LogP contribution in [0.15, 0.2) is 22.9 Å². The van der Waals surface area contributed by atoms with Gasteiger partial charge in [0.15, 0.2) is 0 Å². The van der Waals surface area contributed by atoms with Gasteiger partial charge in [0.2, 0.25) is 0 Å². The van der Waals surface area contributed by atoms with E-state index in [2.05, 4.69) is 25.8 Å². The number of carbonyl (C=O) groups is 1. The Bertz CT molecular complexity index is 471. The summed E-state index contributed by atoms with van der Waals surface area (Å²) < 4.78 is 0.765. The van der Waals surface area contributed by atoms with Crippen molar-refractivity contribution < 1.29 is 4.79 Å². The standard InChI is InChI=1S/C15H20BrN3O/c16-14-5-4-12(10-17-14)15(20)19-9-6-13(11-19)18-7-2-1-3-8-18/h4-5,10,13H,1-3,6-9,11H2. The lowest BCUT2D eigenvalue weighted by Crippen LogP contribution is -2.41. The molecule has 4 nitrogen and oxygen atoms in total. The molecule has 0 aromatic carbocycles. The molecule has 2 aliphatic heterocycles. The number of carbonyl (C=O) groups excluding carboxylic acids is 1. The summed E-state index contributed by atoms with van der Waals surface area (Å²) in [4.78, 5) is 21.1. The van der Waals surface area contributed by atoms with Gasteiger partial charge in [-0.1, -0.05) is 6.42 Å². The minimum Gasteiger partial charge on any atom is -0.337 e. The second-order valence-corrected chi connectivity index (χ2v) is 6.47. The average Bonchev–Trinajstić information content (AvgIpc) is 2.98. The quantitative estimate of drug-likeness (QED) is 0.778. The van der Waals surface area contributed by atoms with Gasteiger partial charge in [0.05, 0.1) is 5.56 Å². The number of pyridine rings is 1. The van der Waals surface area contributed by atoms with Crippen LogP contribution in [0.5, 0.6) is 0 Å². The first-order valence-corrected chi connectivity index (χ1v) is 8.18. The van der Waals surface area contributed by atoms with E-state index in [1.54, 1.807) is 6.20 Å². The van der Waals surface area contributed by atoms with E-state index in [4.69, 9.17) is 0 Å². The van der Waals surface area contributed by atoms with Crippen molar-refractivity contribution in [1.82, 2.24) is 14.8 Å². The zero-order valence-corrected chi connectivity index (χ0v) is 13.2. The van der Waals surface area contributed by atoms with Gasteiger partial charge in [-0.3, -0.25) is 9.69 Å². The molecule has 1 aromatic heterocycles. The van der Waals surface area contributed by atoms with Gasteiger partial charge in [0, 0.05) is 25.3 Å². The fourth-order valence-electron chi connectivity index (χ4n) is 3.19. The van der Waals surface area contributed by atoms with E-state index < -0.39 is 0 Å². The molecular formula is C15H20BrN3O. The topological polar surface area (TPSA) is 36.4 Å². The molecule has 2 aliphatic rings. The Morgan fingerprint density at radius 3 is 2.70 bits per heavy atom. The van der Waals surface area contributed by atoms with Gasteiger partial charge in [-0.05, 0) is 60.4 Å². The summed E-state index contributed by atoms with van der Waals surface area (Å²) in [7, 11) is 0. The first-order valence-electron chi connectivity index (χ1n) is 7.39. The number of piperidine rings is 1. The second kappa shape index (κ2) is 6.22. The van der Waals surface area contributed by atoms with Crippen LogP contribution in [0.3, 0.4) is 0 Å². The number of hydrogen-bond acceptors (Lipinski definition) is 3. The molecule has 0 N–H and O–H groups in total. The summed E-state index contributed by atoms with van der Waals surface area (Å²) in [5.74, 6) is 0.115. The Morgan fingerprint density at radius 2 is 2.00 bits per heavy atom. The summed E-state index contributed by atoms with van der Waals surface area (Å²) in [5.41, 5.74) is 0.687. The molecule has 1 amide bonds. The van der Waals surface area contributed by atoms with Crippen LogP contribution in [-0.4, -0.2) is 52.9 Å². The molecule has 2 saturated heterocycles. The minimum atomic E-state index is 0.115. The Morgan fingerprint density at radius 1 is 1.20 bits per heavy atom. The third-order valence-electron chi connectivity index (χ3n) is 4.33. The Hall–Kier alpha value is -0.940. The lowest BCUT2D eigenvalue weighted by molar-refractivity contribution is 0.0771. The van der Waals surface area contributed by atoms with Crippen LogP contribution in [0.1, 0.15) is 36.0 Å². The van der Waals surface area contributed by atoms with Crippen molar-refractivity contribution in [1.29, 1.82) is 0 Å². The predicted molar refractivity (Wildman–Crippen MR) is 81.7 cm³/mol. The highest BCUT2D eigenvalue weighted by Gasteiger charge is 2.31. The van der Waals surface area contributed by atoms with Gasteiger partial charge in [0.25, 0.3) is 5.91 Å². The second-order valence-electron chi connectivity index (χ2n) is 5.66. The number of likely N-dealkylation sites (tertiary alicyclic amines) is 2. The molecule has 20 heavy (non-hydrogen) atoms. The third kappa shape index (κ3) is 3.04. The van der Waals surface area contributed by atoms with Crippen LogP contribution in [0.2, 0.25) is 0 Å². The largest absolute Gasteiger partial charge is 0.337 e. The number of rotatable bonds is 2. The fourth-order valence-corrected chi connectivity index (χ4v) is 3.43. The monoisotopic (exact) mass is 337 g/mol. The summed E-state index contributed by atoms with van der Waals surface area (Å²) >= 11 is 3.30. The van der Waals surface area contributed by atoms with Crippen molar-refractivity contribution in [2.75, 3.05) is 26.2 Å². The van der Waals surface area contributed by atoms with E-state index in [0.29, 0.717) is 11.6 Å². The number of amides is 1. The highest BCUT2D eigenvalue weighted by atomic mass is 79.9. The zero-order chi connectivity index (χ0) is 13.9. The highest BCUT2D eigenvalue weighted by molar-refractivity contribution is 9.10. The molecule has 108 valence electrons. The Kier molecular flexibility index (Phi) is 4.36. The number of halogens is 1. The Balaban J connectivity index is 1.61. The third-order valence-corrected chi connectivity index (χ3v) is 4.80. The summed E-state index contributed by atoms with van der Waals surface area (Å²) in [5, 5.41) is 0. The van der Waals surface area contributed by atoms with Gasteiger partial charge >= 0.3 is 0 Å². The average molecular weight is 338 g/mol. The first kappa shape index (κ1) is 14.0. The molecule has 5 heteroatoms. The van der Waals surface area contributed by atoms with E-state index in [1.807, 2.05) is 17.0 Å². The fraction of sp³-hybridized carbons (Fsp3) is 0.600. The van der Waals surface area contributed by atoms with Crippen molar-refractivity contribution in [3.8, 4) is 0 Å². The minimum absolute atomic E-state index is 0.115. The summed E-state index contributed by atoms with van der Waals surface area (Å²) in [6.07, 6.45) is 6.73. The lowest BCUT2D eigenvalue weighted by atomic mass is 10.1. The van der Waals surface area contributed by atoms with Crippen molar-refractivity contribution in [2.24, 2.45) is 0 Å². The molecule has 1 aromatic rings. The maximum atomic E-state index is 12.4. The van der Waals surface area contributed by atoms with Crippen molar-refractivity contribution in [3.63, 3.8) is 0 Å². The molecule has 2 fully saturated rings. The van der Waals surface area contributed by atoms with E-state index in [9.17, 15) is 4.79 Å². The van der Waals surface area contributed by atoms with Crippen molar-refractivity contribution in [2.45, 2.75) is 31.7 Å². The number of aromatic nitrogens is 1. The molecule has 0 spiro atoms. The van der Waals surface area contributed by atoms with Crippen LogP contribution < -0.4 is 0 Å². The van der Waals surface area contributed by atoms with Gasteiger partial charge in [-0.2, -0.15) is 0 Å². The molecule has 0 bridgehead atoms. The van der Waals surface area contributed by atoms with Crippen LogP contribution in [0.4, 0.5) is 0 Å². The maximum Gasteiger partial charge on any atom is 0.255 e. The van der Waals surface area contributed by atoms with Crippen LogP contribution in [0, 0.1) is 0 Å². The SMILES string of the molecule is O=C(c1ccc(Br)nc1)N1CCC(N2CCCCC2)C1. The van der Waals surface area contributed by atoms with Crippen molar-refractivity contribution >= 4 is 21.8 Å². The van der Waals surface area contributed by atoms with Gasteiger partial charge in [0.1, 0.15) is 4.60 Å². The van der Waals surface area contributed by atoms with E-state index in [-0.39, 0.29) is 5.91 Å². The molecule has 3 heterocycles. The van der Waals surface area contributed by atoms with Crippen molar-refractivity contribution in [3.05, 3.63) is 28.5 Å². The highest BCUT2D eigenvalue weighted by Crippen LogP contribution is 2.21. The maximum absolute atomic E-state index is 12.4. The molecule has 0 saturated carbocycles. The molecule has 1 unspecified atom stereocenters. The van der Waals surface area contributed by atoms with E-state index in [1.165, 1.54) is 32.4 Å². The molecular weight excluding hydrogens is 318 g/mol. The van der Waals surface area contributed by atoms with E-state index >= 15 is 0 Å². The lowest BCUT2D eigenvalue weighted by Gasteiger charge is -2.32. The van der Waals surface area contributed by atoms with Gasteiger partial charge in [-0.25, -0.2) is 4.98 Å². The Labute approximate surface area is 128 Å². The van der Waals surface area contributed by atoms with Crippen LogP contribution >= 0.6 is 15.9 Å². The number of nitrogens with zero attached hydrogens (tertiary/aromatic N) is 3. The van der Waals surface area contributed by atoms with Crippen LogP contribution in [-0.2, 0) is 0 Å². The van der Waals surface area contributed by atoms with Gasteiger partial charge in [-0.15, -0.1) is 0 Å². The van der Waals surface area contributed by atoms with Crippen LogP contribution in [0.25, 0.3) is 0 Å². The smallest absolute Gasteiger partial charge is 0.255 e. The first-order chi connectivity index (χ1) is 9.74. The summed E-state index contributed by atoms with van der Waals surface area (Å²) in [6, 6.07) is 4.22. The molecule has 0 aliphatic carbocycles.